The highest BCUT2D eigenvalue weighted by molar-refractivity contribution is 5.67. The standard InChI is InChI=1S/C29H47NO8/c1-20(2)30(8)28(35)37-19-21(3)10-9-11-22(4)26(18-32)23(5)12-13-27(38-24(6)33)29(7,36)16-14-25(34)15-17-31/h9-13,17-18,20-21,23,25-27,34,36H,14-16,19H2,1-8H3/b10-9+,13-12+,22-11+/t21-,23-,25-,26+,27-,29-/m0/s1. The molecule has 0 aromatic heterocycles. The van der Waals surface area contributed by atoms with E-state index in [2.05, 4.69) is 0 Å². The van der Waals surface area contributed by atoms with Crippen LogP contribution in [-0.4, -0.2) is 77.3 Å². The summed E-state index contributed by atoms with van der Waals surface area (Å²) in [4.78, 5) is 47.6. The van der Waals surface area contributed by atoms with Crippen LogP contribution < -0.4 is 0 Å². The van der Waals surface area contributed by atoms with Crippen molar-refractivity contribution in [2.75, 3.05) is 13.7 Å². The van der Waals surface area contributed by atoms with E-state index >= 15 is 0 Å². The minimum absolute atomic E-state index is 0.0210. The Kier molecular flexibility index (Phi) is 16.4. The molecule has 0 saturated heterocycles. The summed E-state index contributed by atoms with van der Waals surface area (Å²) < 4.78 is 10.6. The van der Waals surface area contributed by atoms with E-state index < -0.39 is 29.7 Å². The van der Waals surface area contributed by atoms with E-state index in [1.165, 1.54) is 18.7 Å². The smallest absolute Gasteiger partial charge is 0.409 e. The van der Waals surface area contributed by atoms with Crippen molar-refractivity contribution < 1.29 is 38.9 Å². The van der Waals surface area contributed by atoms with Gasteiger partial charge in [0.2, 0.25) is 0 Å². The fourth-order valence-electron chi connectivity index (χ4n) is 3.50. The molecule has 0 radical (unpaired) electrons. The van der Waals surface area contributed by atoms with Crippen molar-refractivity contribution in [3.63, 3.8) is 0 Å². The summed E-state index contributed by atoms with van der Waals surface area (Å²) in [7, 11) is 1.69. The van der Waals surface area contributed by atoms with Crippen LogP contribution in [0.2, 0.25) is 0 Å². The van der Waals surface area contributed by atoms with E-state index in [-0.39, 0.29) is 49.8 Å². The van der Waals surface area contributed by atoms with E-state index in [4.69, 9.17) is 9.47 Å². The van der Waals surface area contributed by atoms with Crippen molar-refractivity contribution in [3.05, 3.63) is 36.0 Å². The van der Waals surface area contributed by atoms with Gasteiger partial charge in [0.25, 0.3) is 0 Å². The first kappa shape index (κ1) is 35.2. The first-order chi connectivity index (χ1) is 17.7. The molecule has 0 aliphatic heterocycles. The number of rotatable bonds is 17. The number of esters is 1. The molecule has 38 heavy (non-hydrogen) atoms. The molecule has 1 amide bonds. The van der Waals surface area contributed by atoms with E-state index in [9.17, 15) is 29.4 Å². The second-order valence-electron chi connectivity index (χ2n) is 10.4. The number of carbonyl (C=O) groups is 4. The first-order valence-corrected chi connectivity index (χ1v) is 13.1. The molecular formula is C29H47NO8. The zero-order valence-corrected chi connectivity index (χ0v) is 24.1. The molecule has 0 aliphatic carbocycles. The van der Waals surface area contributed by atoms with Gasteiger partial charge in [-0.25, -0.2) is 4.79 Å². The Morgan fingerprint density at radius 2 is 1.68 bits per heavy atom. The molecular weight excluding hydrogens is 490 g/mol. The summed E-state index contributed by atoms with van der Waals surface area (Å²) in [6.45, 7) is 12.4. The molecule has 216 valence electrons. The zero-order chi connectivity index (χ0) is 29.5. The predicted octanol–water partition coefficient (Wildman–Crippen LogP) is 4.02. The molecule has 0 rings (SSSR count). The van der Waals surface area contributed by atoms with Crippen LogP contribution in [0.4, 0.5) is 4.79 Å². The summed E-state index contributed by atoms with van der Waals surface area (Å²) in [6.07, 6.45) is 8.22. The van der Waals surface area contributed by atoms with Gasteiger partial charge >= 0.3 is 12.1 Å². The van der Waals surface area contributed by atoms with Crippen LogP contribution in [0.25, 0.3) is 0 Å². The largest absolute Gasteiger partial charge is 0.455 e. The van der Waals surface area contributed by atoms with Gasteiger partial charge in [-0.3, -0.25) is 4.79 Å². The number of hydrogen-bond donors (Lipinski definition) is 2. The molecule has 0 unspecified atom stereocenters. The maximum atomic E-state index is 12.0. The number of carbonyl (C=O) groups excluding carboxylic acids is 4. The Morgan fingerprint density at radius 1 is 1.05 bits per heavy atom. The third kappa shape index (κ3) is 13.7. The number of aliphatic hydroxyl groups excluding tert-OH is 1. The van der Waals surface area contributed by atoms with Crippen LogP contribution in [0, 0.1) is 17.8 Å². The summed E-state index contributed by atoms with van der Waals surface area (Å²) >= 11 is 0. The van der Waals surface area contributed by atoms with Gasteiger partial charge in [-0.15, -0.1) is 0 Å². The first-order valence-electron chi connectivity index (χ1n) is 13.1. The molecule has 0 saturated carbocycles. The molecule has 9 heteroatoms. The number of nitrogens with zero attached hydrogens (tertiary/aromatic N) is 1. The third-order valence-corrected chi connectivity index (χ3v) is 6.42. The van der Waals surface area contributed by atoms with Gasteiger partial charge in [0.15, 0.2) is 0 Å². The Labute approximate surface area is 227 Å². The molecule has 0 spiro atoms. The topological polar surface area (TPSA) is 130 Å². The monoisotopic (exact) mass is 537 g/mol. The fourth-order valence-corrected chi connectivity index (χ4v) is 3.50. The Hall–Kier alpha value is -2.78. The molecule has 0 aromatic rings. The SMILES string of the molecule is CC(=O)O[C@@H](/C=C/[C@H](C)[C@H](C=O)/C(C)=C/C=C/[C@H](C)COC(=O)N(C)C(C)C)[C@@](C)(O)CC[C@H](O)CC=O. The highest BCUT2D eigenvalue weighted by Gasteiger charge is 2.33. The van der Waals surface area contributed by atoms with Crippen LogP contribution in [-0.2, 0) is 23.9 Å². The van der Waals surface area contributed by atoms with Crippen molar-refractivity contribution in [2.24, 2.45) is 17.8 Å². The Morgan fingerprint density at radius 3 is 2.21 bits per heavy atom. The molecule has 9 nitrogen and oxygen atoms in total. The molecule has 6 atom stereocenters. The maximum Gasteiger partial charge on any atom is 0.409 e. The second-order valence-corrected chi connectivity index (χ2v) is 10.4. The number of ether oxygens (including phenoxy) is 2. The zero-order valence-electron chi connectivity index (χ0n) is 24.1. The molecule has 0 fully saturated rings. The van der Waals surface area contributed by atoms with E-state index in [0.717, 1.165) is 11.9 Å². The lowest BCUT2D eigenvalue weighted by Crippen LogP contribution is -2.41. The van der Waals surface area contributed by atoms with Crippen LogP contribution in [0.5, 0.6) is 0 Å². The van der Waals surface area contributed by atoms with Crippen molar-refractivity contribution >= 4 is 24.6 Å². The van der Waals surface area contributed by atoms with Gasteiger partial charge in [0.05, 0.1) is 12.7 Å². The quantitative estimate of drug-likeness (QED) is 0.123. The van der Waals surface area contributed by atoms with Gasteiger partial charge in [0, 0.05) is 38.3 Å². The lowest BCUT2D eigenvalue weighted by Gasteiger charge is -2.31. The number of hydrogen-bond acceptors (Lipinski definition) is 8. The molecule has 0 aliphatic rings. The van der Waals surface area contributed by atoms with Crippen molar-refractivity contribution in [3.8, 4) is 0 Å². The fraction of sp³-hybridized carbons (Fsp3) is 0.655. The summed E-state index contributed by atoms with van der Waals surface area (Å²) in [6, 6.07) is 0.0481. The predicted molar refractivity (Wildman–Crippen MR) is 146 cm³/mol. The van der Waals surface area contributed by atoms with Crippen LogP contribution in [0.15, 0.2) is 36.0 Å². The Balaban J connectivity index is 5.30. The normalized spacial score (nSPS) is 17.9. The van der Waals surface area contributed by atoms with Gasteiger partial charge in [-0.05, 0) is 52.5 Å². The Bertz CT molecular complexity index is 846. The van der Waals surface area contributed by atoms with E-state index in [0.29, 0.717) is 6.29 Å². The highest BCUT2D eigenvalue weighted by atomic mass is 16.6. The number of amides is 1. The minimum Gasteiger partial charge on any atom is -0.455 e. The highest BCUT2D eigenvalue weighted by Crippen LogP contribution is 2.25. The van der Waals surface area contributed by atoms with Crippen LogP contribution >= 0.6 is 0 Å². The molecule has 0 aromatic carbocycles. The van der Waals surface area contributed by atoms with Gasteiger partial charge in [-0.1, -0.05) is 43.7 Å². The third-order valence-electron chi connectivity index (χ3n) is 6.42. The lowest BCUT2D eigenvalue weighted by atomic mass is 9.86. The van der Waals surface area contributed by atoms with Gasteiger partial charge < -0.3 is 34.2 Å². The summed E-state index contributed by atoms with van der Waals surface area (Å²) in [5.41, 5.74) is -0.676. The van der Waals surface area contributed by atoms with Crippen molar-refractivity contribution in [2.45, 2.75) is 91.6 Å². The summed E-state index contributed by atoms with van der Waals surface area (Å²) in [5.74, 6) is -1.32. The summed E-state index contributed by atoms with van der Waals surface area (Å²) in [5, 5.41) is 20.7. The molecule has 0 heterocycles. The van der Waals surface area contributed by atoms with Crippen molar-refractivity contribution in [1.82, 2.24) is 4.90 Å². The maximum absolute atomic E-state index is 12.0. The average molecular weight is 538 g/mol. The molecule has 2 N–H and O–H groups in total. The second kappa shape index (κ2) is 17.7. The number of allylic oxidation sites excluding steroid dienone is 4. The van der Waals surface area contributed by atoms with E-state index in [1.54, 1.807) is 19.2 Å². The van der Waals surface area contributed by atoms with Crippen LogP contribution in [0.1, 0.15) is 67.7 Å². The van der Waals surface area contributed by atoms with E-state index in [1.807, 2.05) is 52.8 Å². The number of aliphatic hydroxyl groups is 2. The van der Waals surface area contributed by atoms with Crippen LogP contribution in [0.3, 0.4) is 0 Å². The average Bonchev–Trinajstić information content (AvgIpc) is 2.83. The lowest BCUT2D eigenvalue weighted by molar-refractivity contribution is -0.156. The van der Waals surface area contributed by atoms with Crippen molar-refractivity contribution in [1.29, 1.82) is 0 Å². The number of aldehydes is 2. The molecule has 0 bridgehead atoms. The van der Waals surface area contributed by atoms with Gasteiger partial charge in [-0.2, -0.15) is 0 Å². The van der Waals surface area contributed by atoms with Gasteiger partial charge in [0.1, 0.15) is 24.3 Å². The minimum atomic E-state index is -1.49.